The van der Waals surface area contributed by atoms with E-state index in [9.17, 15) is 19.5 Å². The fourth-order valence-corrected chi connectivity index (χ4v) is 11.0. The number of aryl methyl sites for hydroxylation is 1. The molecule has 276 valence electrons. The molecule has 1 aliphatic carbocycles. The number of nitrogens with zero attached hydrogens (tertiary/aromatic N) is 6. The van der Waals surface area contributed by atoms with Crippen LogP contribution in [-0.2, 0) is 16.6 Å². The third kappa shape index (κ3) is 5.44. The number of piperidine rings is 1. The van der Waals surface area contributed by atoms with Gasteiger partial charge in [-0.05, 0) is 80.5 Å². The fourth-order valence-electron chi connectivity index (χ4n) is 9.88. The molecule has 4 fully saturated rings. The number of carbonyl (C=O) groups excluding carboxylic acids is 2. The minimum absolute atomic E-state index is 0.173. The predicted molar refractivity (Wildman–Crippen MR) is 208 cm³/mol. The molecule has 4 N–H and O–H groups in total. The third-order valence-electron chi connectivity index (χ3n) is 12.7. The number of pyridine rings is 1. The standard InChI is InChI=1S/C39H45N9O4S/c1-21-18-40-35-34-26-4-9-32(42-27(26)5-8-31(34)53-36(35)38(51)41-21)46-13-11-45(12-14-46)25-15-22-19-47(20-23(22)16-25)24-3-6-28-30(17-24)44(2)39(52)48(28)29-7-10-33(49)43-37(29)50/h3-6,8-9,17,21-23,25,29,38,40-41,51H,7,10-16,18-20H2,1-2H3,(H,43,49,50)/t21-,22-,23+,25?,29?,38?/m1/s1. The quantitative estimate of drug-likeness (QED) is 0.203. The summed E-state index contributed by atoms with van der Waals surface area (Å²) in [6.07, 6.45) is 2.31. The lowest BCUT2D eigenvalue weighted by molar-refractivity contribution is -0.135. The van der Waals surface area contributed by atoms with Crippen LogP contribution >= 0.6 is 11.3 Å². The zero-order valence-electron chi connectivity index (χ0n) is 30.0. The molecule has 7 heterocycles. The Balaban J connectivity index is 0.789. The van der Waals surface area contributed by atoms with Crippen molar-refractivity contribution in [2.24, 2.45) is 18.9 Å². The van der Waals surface area contributed by atoms with E-state index in [2.05, 4.69) is 74.0 Å². The second-order valence-corrected chi connectivity index (χ2v) is 16.9. The molecule has 5 aliphatic rings. The largest absolute Gasteiger partial charge is 0.382 e. The average molecular weight is 736 g/mol. The number of imidazole rings is 1. The highest BCUT2D eigenvalue weighted by molar-refractivity contribution is 7.20. The number of aliphatic hydroxyl groups excluding tert-OH is 1. The van der Waals surface area contributed by atoms with Gasteiger partial charge in [-0.25, -0.2) is 9.78 Å². The number of piperazine rings is 1. The van der Waals surface area contributed by atoms with Gasteiger partial charge in [-0.15, -0.1) is 11.3 Å². The van der Waals surface area contributed by atoms with Crippen LogP contribution in [0.1, 0.15) is 49.8 Å². The van der Waals surface area contributed by atoms with Crippen LogP contribution in [0.4, 0.5) is 17.2 Å². The number of nitrogens with one attached hydrogen (secondary N) is 3. The molecular formula is C39H45N9O4S. The first-order valence-corrected chi connectivity index (χ1v) is 19.8. The number of imide groups is 1. The molecule has 3 unspecified atom stereocenters. The lowest BCUT2D eigenvalue weighted by Gasteiger charge is -2.39. The highest BCUT2D eigenvalue weighted by Crippen LogP contribution is 2.45. The molecule has 1 saturated carbocycles. The molecule has 53 heavy (non-hydrogen) atoms. The van der Waals surface area contributed by atoms with E-state index in [1.54, 1.807) is 27.5 Å². The van der Waals surface area contributed by atoms with Crippen LogP contribution in [0.25, 0.3) is 32.0 Å². The van der Waals surface area contributed by atoms with E-state index in [4.69, 9.17) is 4.98 Å². The van der Waals surface area contributed by atoms with E-state index in [-0.39, 0.29) is 24.1 Å². The lowest BCUT2D eigenvalue weighted by atomic mass is 10.0. The van der Waals surface area contributed by atoms with Gasteiger partial charge in [0.1, 0.15) is 18.1 Å². The van der Waals surface area contributed by atoms with Crippen molar-refractivity contribution in [2.75, 3.05) is 60.9 Å². The van der Waals surface area contributed by atoms with E-state index in [0.717, 1.165) is 99.9 Å². The smallest absolute Gasteiger partial charge is 0.329 e. The summed E-state index contributed by atoms with van der Waals surface area (Å²) in [6.45, 7) is 8.85. The monoisotopic (exact) mass is 735 g/mol. The summed E-state index contributed by atoms with van der Waals surface area (Å²) in [5, 5.41) is 22.3. The Morgan fingerprint density at radius 3 is 2.49 bits per heavy atom. The van der Waals surface area contributed by atoms with Crippen molar-refractivity contribution < 1.29 is 14.7 Å². The second kappa shape index (κ2) is 12.5. The lowest BCUT2D eigenvalue weighted by Crippen LogP contribution is -2.50. The van der Waals surface area contributed by atoms with Crippen molar-refractivity contribution in [3.63, 3.8) is 0 Å². The highest BCUT2D eigenvalue weighted by atomic mass is 32.1. The summed E-state index contributed by atoms with van der Waals surface area (Å²) in [5.41, 5.74) is 4.44. The van der Waals surface area contributed by atoms with Gasteiger partial charge in [0.2, 0.25) is 11.8 Å². The molecule has 0 spiro atoms. The number of aromatic nitrogens is 3. The molecule has 13 nitrogen and oxygen atoms in total. The maximum atomic E-state index is 13.3. The van der Waals surface area contributed by atoms with Gasteiger partial charge < -0.3 is 20.2 Å². The van der Waals surface area contributed by atoms with Crippen LogP contribution in [0.2, 0.25) is 0 Å². The van der Waals surface area contributed by atoms with Gasteiger partial charge >= 0.3 is 5.69 Å². The van der Waals surface area contributed by atoms with Crippen molar-refractivity contribution in [3.8, 4) is 0 Å². The van der Waals surface area contributed by atoms with Gasteiger partial charge in [0.15, 0.2) is 0 Å². The zero-order valence-corrected chi connectivity index (χ0v) is 30.9. The number of benzene rings is 2. The number of thiophene rings is 1. The number of aliphatic hydroxyl groups is 1. The Morgan fingerprint density at radius 2 is 1.72 bits per heavy atom. The Morgan fingerprint density at radius 1 is 0.925 bits per heavy atom. The predicted octanol–water partition coefficient (Wildman–Crippen LogP) is 3.51. The number of anilines is 3. The van der Waals surface area contributed by atoms with Crippen LogP contribution in [0.5, 0.6) is 0 Å². The van der Waals surface area contributed by atoms with Crippen LogP contribution in [0, 0.1) is 11.8 Å². The van der Waals surface area contributed by atoms with Crippen LogP contribution in [0.3, 0.4) is 0 Å². The Labute approximate surface area is 310 Å². The second-order valence-electron chi connectivity index (χ2n) is 15.8. The van der Waals surface area contributed by atoms with Gasteiger partial charge in [-0.2, -0.15) is 0 Å². The summed E-state index contributed by atoms with van der Waals surface area (Å²) in [7, 11) is 1.76. The maximum Gasteiger partial charge on any atom is 0.329 e. The molecule has 4 aliphatic heterocycles. The Bertz CT molecular complexity index is 2350. The number of hydrogen-bond acceptors (Lipinski definition) is 11. The summed E-state index contributed by atoms with van der Waals surface area (Å²) >= 11 is 1.64. The number of carbonyl (C=O) groups is 2. The van der Waals surface area contributed by atoms with Crippen molar-refractivity contribution in [1.82, 2.24) is 29.7 Å². The maximum absolute atomic E-state index is 13.3. The first kappa shape index (κ1) is 33.1. The SMILES string of the molecule is C[C@@H]1CNc2c(sc3ccc4nc(N5CCN(C6C[C@@H]7CN(c8ccc9c(c8)n(C)c(=O)n9C8CCC(=O)NC8=O)C[C@@H]7C6)CC5)ccc4c23)C(O)N1. The summed E-state index contributed by atoms with van der Waals surface area (Å²) in [6, 6.07) is 14.9. The third-order valence-corrected chi connectivity index (χ3v) is 13.9. The number of hydrogen-bond donors (Lipinski definition) is 4. The minimum Gasteiger partial charge on any atom is -0.382 e. The van der Waals surface area contributed by atoms with Gasteiger partial charge in [0.25, 0.3) is 0 Å². The number of amides is 2. The molecule has 10 rings (SSSR count). The normalized spacial score (nSPS) is 28.1. The van der Waals surface area contributed by atoms with Gasteiger partial charge in [0, 0.05) is 92.5 Å². The first-order valence-electron chi connectivity index (χ1n) is 19.0. The topological polar surface area (TPSA) is 140 Å². The van der Waals surface area contributed by atoms with E-state index in [1.807, 2.05) is 6.07 Å². The zero-order chi connectivity index (χ0) is 36.1. The van der Waals surface area contributed by atoms with Crippen molar-refractivity contribution >= 4 is 72.4 Å². The van der Waals surface area contributed by atoms with Crippen LogP contribution < -0.4 is 31.4 Å². The van der Waals surface area contributed by atoms with Gasteiger partial charge in [0.05, 0.1) is 27.1 Å². The van der Waals surface area contributed by atoms with Crippen molar-refractivity contribution in [2.45, 2.75) is 57.0 Å². The molecule has 3 aromatic heterocycles. The molecule has 2 aromatic carbocycles. The molecule has 14 heteroatoms. The van der Waals surface area contributed by atoms with E-state index in [0.29, 0.717) is 24.3 Å². The van der Waals surface area contributed by atoms with Crippen molar-refractivity contribution in [1.29, 1.82) is 0 Å². The summed E-state index contributed by atoms with van der Waals surface area (Å²) < 4.78 is 4.34. The van der Waals surface area contributed by atoms with E-state index < -0.39 is 18.2 Å². The molecular weight excluding hydrogens is 691 g/mol. The van der Waals surface area contributed by atoms with Gasteiger partial charge in [-0.1, -0.05) is 0 Å². The highest BCUT2D eigenvalue weighted by Gasteiger charge is 2.43. The molecule has 0 bridgehead atoms. The van der Waals surface area contributed by atoms with Crippen LogP contribution in [-0.4, -0.2) is 93.8 Å². The van der Waals surface area contributed by atoms with E-state index in [1.165, 1.54) is 12.8 Å². The Hall–Kier alpha value is -4.50. The van der Waals surface area contributed by atoms with E-state index >= 15 is 0 Å². The Kier molecular flexibility index (Phi) is 7.83. The minimum atomic E-state index is -0.675. The molecule has 0 radical (unpaired) electrons. The number of rotatable bonds is 4. The van der Waals surface area contributed by atoms with Crippen LogP contribution in [0.15, 0.2) is 47.3 Å². The summed E-state index contributed by atoms with van der Waals surface area (Å²) in [5.74, 6) is 1.63. The molecule has 6 atom stereocenters. The molecule has 3 saturated heterocycles. The van der Waals surface area contributed by atoms with Gasteiger partial charge in [-0.3, -0.25) is 34.3 Å². The fraction of sp³-hybridized carbons (Fsp3) is 0.487. The molecule has 5 aromatic rings. The first-order chi connectivity index (χ1) is 25.7. The summed E-state index contributed by atoms with van der Waals surface area (Å²) in [4.78, 5) is 51.3. The average Bonchev–Trinajstić information content (AvgIpc) is 3.89. The number of fused-ring (bicyclic) bond motifs is 7. The molecule has 2 amide bonds. The van der Waals surface area contributed by atoms with Crippen molar-refractivity contribution in [3.05, 3.63) is 57.8 Å².